The van der Waals surface area contributed by atoms with Gasteiger partial charge in [-0.3, -0.25) is 9.78 Å². The molecule has 0 radical (unpaired) electrons. The second-order valence-corrected chi connectivity index (χ2v) is 4.99. The molecule has 0 atom stereocenters. The average molecular weight is 356 g/mol. The number of benzene rings is 1. The van der Waals surface area contributed by atoms with Gasteiger partial charge in [0.2, 0.25) is 0 Å². The standard InChI is InChI=1S/C13H10FIN2O/c1-8-4-10(7-16-6-8)17-13(18)11-3-2-9(14)5-12(11)15/h2-7H,1H3,(H,17,18). The molecule has 5 heteroatoms. The van der Waals surface area contributed by atoms with Gasteiger partial charge in [-0.15, -0.1) is 0 Å². The van der Waals surface area contributed by atoms with E-state index in [1.54, 1.807) is 12.4 Å². The van der Waals surface area contributed by atoms with Crippen molar-refractivity contribution in [3.63, 3.8) is 0 Å². The lowest BCUT2D eigenvalue weighted by molar-refractivity contribution is 0.102. The third-order valence-corrected chi connectivity index (χ3v) is 3.20. The first-order chi connectivity index (χ1) is 8.56. The lowest BCUT2D eigenvalue weighted by atomic mass is 10.2. The Morgan fingerprint density at radius 1 is 1.33 bits per heavy atom. The minimum absolute atomic E-state index is 0.271. The first-order valence-corrected chi connectivity index (χ1v) is 6.32. The number of carbonyl (C=O) groups excluding carboxylic acids is 1. The molecule has 0 aliphatic rings. The summed E-state index contributed by atoms with van der Waals surface area (Å²) in [4.78, 5) is 16.0. The number of pyridine rings is 1. The molecule has 0 saturated carbocycles. The van der Waals surface area contributed by atoms with E-state index in [9.17, 15) is 9.18 Å². The Morgan fingerprint density at radius 3 is 2.78 bits per heavy atom. The molecular formula is C13H10FIN2O. The fraction of sp³-hybridized carbons (Fsp3) is 0.0769. The Hall–Kier alpha value is -1.50. The molecule has 18 heavy (non-hydrogen) atoms. The normalized spacial score (nSPS) is 10.2. The second-order valence-electron chi connectivity index (χ2n) is 3.83. The average Bonchev–Trinajstić information content (AvgIpc) is 2.28. The van der Waals surface area contributed by atoms with E-state index in [-0.39, 0.29) is 11.7 Å². The highest BCUT2D eigenvalue weighted by Gasteiger charge is 2.11. The number of anilines is 1. The van der Waals surface area contributed by atoms with Crippen LogP contribution >= 0.6 is 22.6 Å². The summed E-state index contributed by atoms with van der Waals surface area (Å²) in [6.45, 7) is 1.89. The molecule has 1 aromatic carbocycles. The van der Waals surface area contributed by atoms with E-state index in [4.69, 9.17) is 0 Å². The molecule has 0 unspecified atom stereocenters. The predicted molar refractivity (Wildman–Crippen MR) is 76.0 cm³/mol. The Labute approximate surface area is 118 Å². The Kier molecular flexibility index (Phi) is 3.90. The number of rotatable bonds is 2. The monoisotopic (exact) mass is 356 g/mol. The number of aromatic nitrogens is 1. The summed E-state index contributed by atoms with van der Waals surface area (Å²) >= 11 is 1.93. The van der Waals surface area contributed by atoms with Crippen LogP contribution in [0.3, 0.4) is 0 Å². The van der Waals surface area contributed by atoms with Crippen LogP contribution < -0.4 is 5.32 Å². The van der Waals surface area contributed by atoms with E-state index >= 15 is 0 Å². The van der Waals surface area contributed by atoms with Gasteiger partial charge in [0.15, 0.2) is 0 Å². The van der Waals surface area contributed by atoms with Crippen molar-refractivity contribution in [1.82, 2.24) is 4.98 Å². The molecule has 92 valence electrons. The van der Waals surface area contributed by atoms with E-state index in [0.717, 1.165) is 5.56 Å². The highest BCUT2D eigenvalue weighted by Crippen LogP contribution is 2.16. The van der Waals surface area contributed by atoms with E-state index in [2.05, 4.69) is 10.3 Å². The molecule has 0 aliphatic heterocycles. The van der Waals surface area contributed by atoms with Gasteiger partial charge in [0.1, 0.15) is 5.82 Å². The zero-order valence-electron chi connectivity index (χ0n) is 9.58. The van der Waals surface area contributed by atoms with Gasteiger partial charge in [-0.1, -0.05) is 0 Å². The molecule has 1 amide bonds. The number of nitrogens with zero attached hydrogens (tertiary/aromatic N) is 1. The van der Waals surface area contributed by atoms with Crippen molar-refractivity contribution in [1.29, 1.82) is 0 Å². The number of hydrogen-bond acceptors (Lipinski definition) is 2. The van der Waals surface area contributed by atoms with Crippen LogP contribution in [0.4, 0.5) is 10.1 Å². The summed E-state index contributed by atoms with van der Waals surface area (Å²) in [5.74, 6) is -0.625. The maximum Gasteiger partial charge on any atom is 0.256 e. The van der Waals surface area contributed by atoms with Gasteiger partial charge in [-0.25, -0.2) is 4.39 Å². The summed E-state index contributed by atoms with van der Waals surface area (Å²) in [6.07, 6.45) is 3.28. The third kappa shape index (κ3) is 3.04. The number of halogens is 2. The molecule has 2 aromatic rings. The lowest BCUT2D eigenvalue weighted by Gasteiger charge is -2.07. The van der Waals surface area contributed by atoms with Crippen molar-refractivity contribution in [2.45, 2.75) is 6.92 Å². The lowest BCUT2D eigenvalue weighted by Crippen LogP contribution is -2.13. The first kappa shape index (κ1) is 12.9. The van der Waals surface area contributed by atoms with Gasteiger partial charge in [0, 0.05) is 9.77 Å². The molecule has 2 rings (SSSR count). The Bertz CT molecular complexity index is 601. The molecule has 3 nitrogen and oxygen atoms in total. The van der Waals surface area contributed by atoms with Crippen molar-refractivity contribution >= 4 is 34.2 Å². The summed E-state index contributed by atoms with van der Waals surface area (Å²) in [6, 6.07) is 5.88. The SMILES string of the molecule is Cc1cncc(NC(=O)c2ccc(F)cc2I)c1. The Morgan fingerprint density at radius 2 is 2.11 bits per heavy atom. The van der Waals surface area contributed by atoms with Crippen LogP contribution in [0.5, 0.6) is 0 Å². The topological polar surface area (TPSA) is 42.0 Å². The van der Waals surface area contributed by atoms with Crippen molar-refractivity contribution in [3.05, 3.63) is 57.2 Å². The Balaban J connectivity index is 2.22. The summed E-state index contributed by atoms with van der Waals surface area (Å²) < 4.78 is 13.5. The molecule has 0 saturated heterocycles. The van der Waals surface area contributed by atoms with Crippen molar-refractivity contribution in [3.8, 4) is 0 Å². The maximum absolute atomic E-state index is 12.9. The molecule has 1 aromatic heterocycles. The number of nitrogens with one attached hydrogen (secondary N) is 1. The molecule has 1 heterocycles. The first-order valence-electron chi connectivity index (χ1n) is 5.24. The van der Waals surface area contributed by atoms with Crippen LogP contribution in [0, 0.1) is 16.3 Å². The largest absolute Gasteiger partial charge is 0.321 e. The number of hydrogen-bond donors (Lipinski definition) is 1. The van der Waals surface area contributed by atoms with E-state index in [1.165, 1.54) is 18.2 Å². The number of carbonyl (C=O) groups is 1. The molecule has 0 spiro atoms. The van der Waals surface area contributed by atoms with Crippen molar-refractivity contribution < 1.29 is 9.18 Å². The van der Waals surface area contributed by atoms with Crippen LogP contribution in [0.2, 0.25) is 0 Å². The van der Waals surface area contributed by atoms with Gasteiger partial charge >= 0.3 is 0 Å². The third-order valence-electron chi connectivity index (χ3n) is 2.31. The van der Waals surface area contributed by atoms with Gasteiger partial charge in [0.25, 0.3) is 5.91 Å². The van der Waals surface area contributed by atoms with Crippen molar-refractivity contribution in [2.75, 3.05) is 5.32 Å². The predicted octanol–water partition coefficient (Wildman–Crippen LogP) is 3.39. The summed E-state index contributed by atoms with van der Waals surface area (Å²) in [7, 11) is 0. The van der Waals surface area contributed by atoms with Gasteiger partial charge < -0.3 is 5.32 Å². The number of aryl methyl sites for hydroxylation is 1. The molecule has 0 bridgehead atoms. The van der Waals surface area contributed by atoms with Crippen LogP contribution in [0.1, 0.15) is 15.9 Å². The van der Waals surface area contributed by atoms with Crippen LogP contribution in [-0.2, 0) is 0 Å². The minimum atomic E-state index is -0.354. The quantitative estimate of drug-likeness (QED) is 0.839. The summed E-state index contributed by atoms with van der Waals surface area (Å²) in [5.41, 5.74) is 2.03. The molecule has 0 aliphatic carbocycles. The van der Waals surface area contributed by atoms with E-state index in [1.807, 2.05) is 35.6 Å². The van der Waals surface area contributed by atoms with E-state index in [0.29, 0.717) is 14.8 Å². The molecule has 1 N–H and O–H groups in total. The van der Waals surface area contributed by atoms with Crippen molar-refractivity contribution in [2.24, 2.45) is 0 Å². The number of amides is 1. The highest BCUT2D eigenvalue weighted by molar-refractivity contribution is 14.1. The van der Waals surface area contributed by atoms with Gasteiger partial charge in [-0.2, -0.15) is 0 Å². The van der Waals surface area contributed by atoms with E-state index < -0.39 is 0 Å². The zero-order chi connectivity index (χ0) is 13.1. The van der Waals surface area contributed by atoms with Crippen LogP contribution in [-0.4, -0.2) is 10.9 Å². The van der Waals surface area contributed by atoms with Crippen LogP contribution in [0.25, 0.3) is 0 Å². The fourth-order valence-electron chi connectivity index (χ4n) is 1.50. The van der Waals surface area contributed by atoms with Crippen LogP contribution in [0.15, 0.2) is 36.7 Å². The van der Waals surface area contributed by atoms with Gasteiger partial charge in [0.05, 0.1) is 17.4 Å². The molecule has 0 fully saturated rings. The maximum atomic E-state index is 12.9. The smallest absolute Gasteiger partial charge is 0.256 e. The van der Waals surface area contributed by atoms with Gasteiger partial charge in [-0.05, 0) is 59.3 Å². The second kappa shape index (κ2) is 5.43. The fourth-order valence-corrected chi connectivity index (χ4v) is 2.22. The highest BCUT2D eigenvalue weighted by atomic mass is 127. The minimum Gasteiger partial charge on any atom is -0.321 e. The zero-order valence-corrected chi connectivity index (χ0v) is 11.7. The molecular weight excluding hydrogens is 346 g/mol. The summed E-state index contributed by atoms with van der Waals surface area (Å²) in [5, 5.41) is 2.73.